The molecule has 0 spiro atoms. The number of hydrogen-bond donors (Lipinski definition) is 1. The Balaban J connectivity index is 1.47. The number of rotatable bonds is 8. The predicted octanol–water partition coefficient (Wildman–Crippen LogP) is 3.88. The summed E-state index contributed by atoms with van der Waals surface area (Å²) in [5, 5.41) is 0.732. The van der Waals surface area contributed by atoms with E-state index in [0.717, 1.165) is 23.1 Å². The summed E-state index contributed by atoms with van der Waals surface area (Å²) in [6, 6.07) is 7.46. The number of ether oxygens (including phenoxy) is 1. The Morgan fingerprint density at radius 3 is 2.43 bits per heavy atom. The Hall–Kier alpha value is -4.98. The number of benzene rings is 2. The smallest absolute Gasteiger partial charge is 0.264 e. The van der Waals surface area contributed by atoms with Gasteiger partial charge in [-0.2, -0.15) is 0 Å². The lowest BCUT2D eigenvalue weighted by molar-refractivity contribution is -0.126. The normalized spacial score (nSPS) is 13.8. The van der Waals surface area contributed by atoms with Crippen molar-refractivity contribution >= 4 is 44.1 Å². The number of hydrogen-bond acceptors (Lipinski definition) is 9. The van der Waals surface area contributed by atoms with Crippen LogP contribution in [-0.4, -0.2) is 73.2 Å². The number of nitrogens with zero attached hydrogens (tertiary/aromatic N) is 5. The summed E-state index contributed by atoms with van der Waals surface area (Å²) in [5.74, 6) is -1.96. The molecule has 1 saturated heterocycles. The molecule has 0 atom stereocenters. The lowest BCUT2D eigenvalue weighted by Gasteiger charge is -2.35. The molecule has 2 aromatic heterocycles. The number of anilines is 2. The van der Waals surface area contributed by atoms with Gasteiger partial charge in [0.2, 0.25) is 11.8 Å². The molecular formula is C30H28F2N6O5S. The third-order valence-corrected chi connectivity index (χ3v) is 8.49. The molecule has 0 aliphatic carbocycles. The fourth-order valence-electron chi connectivity index (χ4n) is 4.92. The Bertz CT molecular complexity index is 1910. The van der Waals surface area contributed by atoms with Crippen LogP contribution < -0.4 is 14.4 Å². The first-order valence-corrected chi connectivity index (χ1v) is 15.0. The highest BCUT2D eigenvalue weighted by Crippen LogP contribution is 2.35. The first-order valence-electron chi connectivity index (χ1n) is 13.5. The van der Waals surface area contributed by atoms with Gasteiger partial charge in [0.05, 0.1) is 12.6 Å². The quantitative estimate of drug-likeness (QED) is 0.291. The van der Waals surface area contributed by atoms with Crippen molar-refractivity contribution in [1.82, 2.24) is 19.9 Å². The van der Waals surface area contributed by atoms with Gasteiger partial charge in [-0.3, -0.25) is 14.3 Å². The average molecular weight is 623 g/mol. The van der Waals surface area contributed by atoms with Crippen LogP contribution in [0, 0.1) is 18.6 Å². The molecule has 11 nitrogen and oxygen atoms in total. The minimum atomic E-state index is -4.46. The van der Waals surface area contributed by atoms with E-state index in [1.807, 2.05) is 24.0 Å². The van der Waals surface area contributed by atoms with Crippen molar-refractivity contribution in [1.29, 1.82) is 0 Å². The van der Waals surface area contributed by atoms with E-state index in [9.17, 15) is 26.8 Å². The van der Waals surface area contributed by atoms with Crippen molar-refractivity contribution in [3.05, 3.63) is 78.3 Å². The van der Waals surface area contributed by atoms with Crippen molar-refractivity contribution in [2.75, 3.05) is 42.9 Å². The van der Waals surface area contributed by atoms with E-state index in [0.29, 0.717) is 54.7 Å². The van der Waals surface area contributed by atoms with Gasteiger partial charge in [-0.1, -0.05) is 0 Å². The number of carbonyl (C=O) groups excluding carboxylic acids is 2. The number of sulfonamides is 1. The zero-order valence-corrected chi connectivity index (χ0v) is 24.9. The Kier molecular flexibility index (Phi) is 8.54. The third kappa shape index (κ3) is 6.34. The summed E-state index contributed by atoms with van der Waals surface area (Å²) in [6.07, 6.45) is 5.52. The second-order valence-electron chi connectivity index (χ2n) is 10.1. The maximum Gasteiger partial charge on any atom is 0.264 e. The second kappa shape index (κ2) is 12.3. The summed E-state index contributed by atoms with van der Waals surface area (Å²) >= 11 is 0. The van der Waals surface area contributed by atoms with Crippen molar-refractivity contribution < 1.29 is 31.5 Å². The van der Waals surface area contributed by atoms with Gasteiger partial charge >= 0.3 is 0 Å². The van der Waals surface area contributed by atoms with Crippen molar-refractivity contribution in [3.63, 3.8) is 0 Å². The maximum atomic E-state index is 14.3. The van der Waals surface area contributed by atoms with E-state index in [-0.39, 0.29) is 23.3 Å². The molecule has 1 fully saturated rings. The van der Waals surface area contributed by atoms with Gasteiger partial charge in [-0.25, -0.2) is 32.2 Å². The lowest BCUT2D eigenvalue weighted by Crippen LogP contribution is -2.48. The highest BCUT2D eigenvalue weighted by atomic mass is 32.2. The minimum Gasteiger partial charge on any atom is -0.480 e. The van der Waals surface area contributed by atoms with Crippen molar-refractivity contribution in [3.8, 4) is 17.0 Å². The van der Waals surface area contributed by atoms with Crippen LogP contribution in [-0.2, 0) is 19.6 Å². The molecule has 4 aromatic rings. The molecule has 228 valence electrons. The SMILES string of the molecule is COc1ncc(-c2cc3c(N4CCN(C(=O)/C=C/C(C)=O)CC4)ncnc3cc2C)cc1NS(=O)(=O)c1ccc(F)cc1F. The molecule has 3 heterocycles. The van der Waals surface area contributed by atoms with E-state index in [4.69, 9.17) is 4.74 Å². The van der Waals surface area contributed by atoms with E-state index in [2.05, 4.69) is 19.7 Å². The largest absolute Gasteiger partial charge is 0.480 e. The highest BCUT2D eigenvalue weighted by molar-refractivity contribution is 7.92. The van der Waals surface area contributed by atoms with Crippen LogP contribution in [0.3, 0.4) is 0 Å². The van der Waals surface area contributed by atoms with Crippen molar-refractivity contribution in [2.24, 2.45) is 0 Å². The molecule has 1 aliphatic heterocycles. The standard InChI is InChI=1S/C30H28F2N6O5S/c1-18-12-25-23(29(35-17-34-25)38-10-8-37(9-11-38)28(40)7-4-19(2)39)15-22(18)20-13-26(30(43-3)33-16-20)36-44(41,42)27-6-5-21(31)14-24(27)32/h4-7,12-17,36H,8-11H2,1-3H3/b7-4+. The summed E-state index contributed by atoms with van der Waals surface area (Å²) in [5.41, 5.74) is 2.70. The number of amides is 1. The first kappa shape index (κ1) is 30.5. The molecular weight excluding hydrogens is 594 g/mol. The van der Waals surface area contributed by atoms with Crippen LogP contribution >= 0.6 is 0 Å². The molecule has 0 saturated carbocycles. The average Bonchev–Trinajstić information content (AvgIpc) is 2.98. The van der Waals surface area contributed by atoms with Crippen LogP contribution in [0.25, 0.3) is 22.0 Å². The maximum absolute atomic E-state index is 14.3. The number of carbonyl (C=O) groups is 2. The summed E-state index contributed by atoms with van der Waals surface area (Å²) in [4.78, 5) is 39.8. The van der Waals surface area contributed by atoms with Crippen LogP contribution in [0.15, 0.2) is 66.0 Å². The number of nitrogens with one attached hydrogen (secondary N) is 1. The zero-order chi connectivity index (χ0) is 31.6. The number of allylic oxidation sites excluding steroid dienone is 1. The predicted molar refractivity (Wildman–Crippen MR) is 160 cm³/mol. The fraction of sp³-hybridized carbons (Fsp3) is 0.233. The number of fused-ring (bicyclic) bond motifs is 1. The molecule has 1 aliphatic rings. The summed E-state index contributed by atoms with van der Waals surface area (Å²) in [7, 11) is -3.15. The molecule has 5 rings (SSSR count). The summed E-state index contributed by atoms with van der Waals surface area (Å²) < 4.78 is 61.3. The number of pyridine rings is 1. The van der Waals surface area contributed by atoms with Crippen LogP contribution in [0.2, 0.25) is 0 Å². The lowest BCUT2D eigenvalue weighted by atomic mass is 9.99. The summed E-state index contributed by atoms with van der Waals surface area (Å²) in [6.45, 7) is 5.14. The molecule has 0 unspecified atom stereocenters. The molecule has 1 amide bonds. The van der Waals surface area contributed by atoms with Gasteiger partial charge in [0.25, 0.3) is 10.0 Å². The topological polar surface area (TPSA) is 135 Å². The van der Waals surface area contributed by atoms with Gasteiger partial charge in [-0.15, -0.1) is 0 Å². The minimum absolute atomic E-state index is 0.0441. The van der Waals surface area contributed by atoms with Gasteiger partial charge in [-0.05, 0) is 61.4 Å². The number of methoxy groups -OCH3 is 1. The molecule has 1 N–H and O–H groups in total. The van der Waals surface area contributed by atoms with Crippen molar-refractivity contribution in [2.45, 2.75) is 18.7 Å². The van der Waals surface area contributed by atoms with E-state index in [1.165, 1.54) is 44.8 Å². The van der Waals surface area contributed by atoms with Gasteiger partial charge in [0.15, 0.2) is 5.78 Å². The van der Waals surface area contributed by atoms with E-state index >= 15 is 0 Å². The fourth-order valence-corrected chi connectivity index (χ4v) is 6.03. The third-order valence-electron chi connectivity index (χ3n) is 7.10. The van der Waals surface area contributed by atoms with Gasteiger partial charge < -0.3 is 14.5 Å². The molecule has 2 aromatic carbocycles. The number of halogens is 2. The van der Waals surface area contributed by atoms with Gasteiger partial charge in [0, 0.05) is 55.5 Å². The van der Waals surface area contributed by atoms with Crippen LogP contribution in [0.4, 0.5) is 20.3 Å². The van der Waals surface area contributed by atoms with E-state index in [1.54, 1.807) is 4.90 Å². The Morgan fingerprint density at radius 2 is 1.75 bits per heavy atom. The zero-order valence-electron chi connectivity index (χ0n) is 24.0. The highest BCUT2D eigenvalue weighted by Gasteiger charge is 2.24. The second-order valence-corrected chi connectivity index (χ2v) is 11.7. The Morgan fingerprint density at radius 1 is 1.00 bits per heavy atom. The van der Waals surface area contributed by atoms with E-state index < -0.39 is 26.6 Å². The Labute approximate surface area is 252 Å². The first-order chi connectivity index (χ1) is 21.0. The molecule has 14 heteroatoms. The molecule has 44 heavy (non-hydrogen) atoms. The number of piperazine rings is 1. The number of ketones is 1. The molecule has 0 radical (unpaired) electrons. The van der Waals surface area contributed by atoms with Crippen LogP contribution in [0.1, 0.15) is 12.5 Å². The monoisotopic (exact) mass is 622 g/mol. The number of aromatic nitrogens is 3. The number of aryl methyl sites for hydroxylation is 1. The molecule has 0 bridgehead atoms. The van der Waals surface area contributed by atoms with Gasteiger partial charge in [0.1, 0.15) is 34.4 Å². The van der Waals surface area contributed by atoms with Crippen LogP contribution in [0.5, 0.6) is 5.88 Å².